The van der Waals surface area contributed by atoms with Gasteiger partial charge in [-0.15, -0.1) is 0 Å². The Morgan fingerprint density at radius 2 is 1.80 bits per heavy atom. The molecular formula is C19H23NO5. The summed E-state index contributed by atoms with van der Waals surface area (Å²) in [5.41, 5.74) is 0.550. The first kappa shape index (κ1) is 17.5. The average molecular weight is 345 g/mol. The van der Waals surface area contributed by atoms with Crippen LogP contribution in [0.15, 0.2) is 24.3 Å². The van der Waals surface area contributed by atoms with Gasteiger partial charge in [-0.1, -0.05) is 0 Å². The summed E-state index contributed by atoms with van der Waals surface area (Å²) in [6, 6.07) is 6.80. The highest BCUT2D eigenvalue weighted by Gasteiger charge is 2.46. The van der Waals surface area contributed by atoms with Gasteiger partial charge in [0.2, 0.25) is 5.91 Å². The van der Waals surface area contributed by atoms with Gasteiger partial charge in [0.25, 0.3) is 0 Å². The summed E-state index contributed by atoms with van der Waals surface area (Å²) < 4.78 is 5.06. The molecule has 1 saturated carbocycles. The second-order valence-corrected chi connectivity index (χ2v) is 6.90. The van der Waals surface area contributed by atoms with E-state index in [1.54, 1.807) is 36.3 Å². The van der Waals surface area contributed by atoms with Gasteiger partial charge in [-0.2, -0.15) is 0 Å². The minimum atomic E-state index is -0.818. The number of ketones is 1. The van der Waals surface area contributed by atoms with Crippen LogP contribution in [-0.4, -0.2) is 47.9 Å². The van der Waals surface area contributed by atoms with Gasteiger partial charge in [0.05, 0.1) is 13.0 Å². The normalized spacial score (nSPS) is 22.7. The van der Waals surface area contributed by atoms with E-state index in [-0.39, 0.29) is 37.0 Å². The molecular weight excluding hydrogens is 322 g/mol. The number of amides is 1. The number of methoxy groups -OCH3 is 1. The van der Waals surface area contributed by atoms with Crippen molar-refractivity contribution in [3.05, 3.63) is 29.8 Å². The predicted octanol–water partition coefficient (Wildman–Crippen LogP) is 2.23. The Bertz CT molecular complexity index is 665. The lowest BCUT2D eigenvalue weighted by Gasteiger charge is -2.16. The first-order valence-electron chi connectivity index (χ1n) is 8.67. The number of benzene rings is 1. The fraction of sp³-hybridized carbons (Fsp3) is 0.526. The van der Waals surface area contributed by atoms with Crippen molar-refractivity contribution in [3.8, 4) is 5.75 Å². The Morgan fingerprint density at radius 1 is 1.12 bits per heavy atom. The largest absolute Gasteiger partial charge is 0.497 e. The Hall–Kier alpha value is -2.37. The molecule has 0 radical (unpaired) electrons. The summed E-state index contributed by atoms with van der Waals surface area (Å²) in [5.74, 6) is -0.315. The Kier molecular flexibility index (Phi) is 5.06. The molecule has 6 nitrogen and oxygen atoms in total. The van der Waals surface area contributed by atoms with Gasteiger partial charge in [0.15, 0.2) is 5.78 Å². The molecule has 25 heavy (non-hydrogen) atoms. The van der Waals surface area contributed by atoms with Crippen molar-refractivity contribution < 1.29 is 24.2 Å². The van der Waals surface area contributed by atoms with E-state index in [0.29, 0.717) is 23.8 Å². The Labute approximate surface area is 146 Å². The van der Waals surface area contributed by atoms with Crippen LogP contribution in [0.4, 0.5) is 0 Å². The van der Waals surface area contributed by atoms with Gasteiger partial charge >= 0.3 is 5.97 Å². The van der Waals surface area contributed by atoms with E-state index in [2.05, 4.69) is 0 Å². The maximum Gasteiger partial charge on any atom is 0.308 e. The summed E-state index contributed by atoms with van der Waals surface area (Å²) in [6.07, 6.45) is 2.38. The molecule has 1 aliphatic carbocycles. The smallest absolute Gasteiger partial charge is 0.308 e. The molecule has 0 aromatic heterocycles. The molecule has 134 valence electrons. The predicted molar refractivity (Wildman–Crippen MR) is 90.5 cm³/mol. The molecule has 1 saturated heterocycles. The number of carbonyl (C=O) groups excluding carboxylic acids is 2. The second-order valence-electron chi connectivity index (χ2n) is 6.90. The minimum absolute atomic E-state index is 0.0683. The van der Waals surface area contributed by atoms with Crippen LogP contribution in [0, 0.1) is 17.8 Å². The van der Waals surface area contributed by atoms with Crippen LogP contribution < -0.4 is 4.74 Å². The number of rotatable bonds is 7. The quantitative estimate of drug-likeness (QED) is 0.766. The molecule has 2 aliphatic rings. The summed E-state index contributed by atoms with van der Waals surface area (Å²) in [7, 11) is 1.56. The number of aliphatic carboxylic acids is 1. The molecule has 3 rings (SSSR count). The van der Waals surface area contributed by atoms with E-state index in [1.165, 1.54) is 0 Å². The van der Waals surface area contributed by atoms with E-state index < -0.39 is 11.9 Å². The van der Waals surface area contributed by atoms with Crippen LogP contribution in [0.3, 0.4) is 0 Å². The fourth-order valence-corrected chi connectivity index (χ4v) is 3.60. The molecule has 1 heterocycles. The number of Topliss-reactive ketones (excluding diaryl/α,β-unsaturated/α-hetero) is 1. The summed E-state index contributed by atoms with van der Waals surface area (Å²) in [5, 5.41) is 9.37. The zero-order valence-electron chi connectivity index (χ0n) is 14.3. The van der Waals surface area contributed by atoms with Crippen LogP contribution in [-0.2, 0) is 9.59 Å². The van der Waals surface area contributed by atoms with Gasteiger partial charge < -0.3 is 14.7 Å². The number of carbonyl (C=O) groups is 3. The zero-order valence-corrected chi connectivity index (χ0v) is 14.3. The Morgan fingerprint density at radius 3 is 2.36 bits per heavy atom. The third-order valence-corrected chi connectivity index (χ3v) is 5.24. The SMILES string of the molecule is COc1ccc(C(=O)CCC(=O)N2C[C@H](C(=O)O)[C@@H](C3CC3)C2)cc1. The highest BCUT2D eigenvalue weighted by molar-refractivity contribution is 5.98. The van der Waals surface area contributed by atoms with E-state index >= 15 is 0 Å². The lowest BCUT2D eigenvalue weighted by Crippen LogP contribution is -2.30. The van der Waals surface area contributed by atoms with Gasteiger partial charge in [-0.05, 0) is 48.9 Å². The summed E-state index contributed by atoms with van der Waals surface area (Å²) >= 11 is 0. The maximum atomic E-state index is 12.4. The first-order valence-corrected chi connectivity index (χ1v) is 8.67. The van der Waals surface area contributed by atoms with E-state index in [1.807, 2.05) is 0 Å². The number of hydrogen-bond acceptors (Lipinski definition) is 4. The highest BCUT2D eigenvalue weighted by Crippen LogP contribution is 2.44. The van der Waals surface area contributed by atoms with Crippen molar-refractivity contribution >= 4 is 17.7 Å². The molecule has 1 aliphatic heterocycles. The molecule has 0 spiro atoms. The van der Waals surface area contributed by atoms with Gasteiger partial charge in [-0.25, -0.2) is 0 Å². The number of carboxylic acids is 1. The number of nitrogens with zero attached hydrogens (tertiary/aromatic N) is 1. The minimum Gasteiger partial charge on any atom is -0.497 e. The molecule has 1 aromatic rings. The molecule has 0 bridgehead atoms. The number of likely N-dealkylation sites (tertiary alicyclic amines) is 1. The summed E-state index contributed by atoms with van der Waals surface area (Å²) in [4.78, 5) is 37.7. The first-order chi connectivity index (χ1) is 12.0. The number of carboxylic acid groups (broad SMARTS) is 1. The topological polar surface area (TPSA) is 83.9 Å². The molecule has 1 N–H and O–H groups in total. The van der Waals surface area contributed by atoms with E-state index in [4.69, 9.17) is 4.74 Å². The molecule has 1 amide bonds. The molecule has 1 aromatic carbocycles. The monoisotopic (exact) mass is 345 g/mol. The van der Waals surface area contributed by atoms with Crippen molar-refractivity contribution in [2.75, 3.05) is 20.2 Å². The molecule has 2 atom stereocenters. The van der Waals surface area contributed by atoms with Crippen LogP contribution >= 0.6 is 0 Å². The van der Waals surface area contributed by atoms with Gasteiger partial charge in [0, 0.05) is 31.5 Å². The summed E-state index contributed by atoms with van der Waals surface area (Å²) in [6.45, 7) is 0.781. The standard InChI is InChI=1S/C19H23NO5/c1-25-14-6-4-13(5-7-14)17(21)8-9-18(22)20-10-15(12-2-3-12)16(11-20)19(23)24/h4-7,12,15-16H,2-3,8-11H2,1H3,(H,23,24)/t15-,16+/m1/s1. The van der Waals surface area contributed by atoms with Crippen LogP contribution in [0.2, 0.25) is 0 Å². The van der Waals surface area contributed by atoms with Crippen LogP contribution in [0.1, 0.15) is 36.0 Å². The van der Waals surface area contributed by atoms with Crippen molar-refractivity contribution in [1.82, 2.24) is 4.90 Å². The van der Waals surface area contributed by atoms with Crippen molar-refractivity contribution in [1.29, 1.82) is 0 Å². The number of ether oxygens (including phenoxy) is 1. The molecule has 2 fully saturated rings. The van der Waals surface area contributed by atoms with Crippen molar-refractivity contribution in [2.45, 2.75) is 25.7 Å². The fourth-order valence-electron chi connectivity index (χ4n) is 3.60. The lowest BCUT2D eigenvalue weighted by molar-refractivity contribution is -0.142. The van der Waals surface area contributed by atoms with E-state index in [9.17, 15) is 19.5 Å². The van der Waals surface area contributed by atoms with Crippen molar-refractivity contribution in [3.63, 3.8) is 0 Å². The molecule has 6 heteroatoms. The number of hydrogen-bond donors (Lipinski definition) is 1. The van der Waals surface area contributed by atoms with Gasteiger partial charge in [0.1, 0.15) is 5.75 Å². The van der Waals surface area contributed by atoms with Crippen LogP contribution in [0.5, 0.6) is 5.75 Å². The molecule has 0 unspecified atom stereocenters. The van der Waals surface area contributed by atoms with Crippen molar-refractivity contribution in [2.24, 2.45) is 17.8 Å². The average Bonchev–Trinajstić information content (AvgIpc) is 3.37. The lowest BCUT2D eigenvalue weighted by atomic mass is 9.92. The third kappa shape index (κ3) is 4.00. The second kappa shape index (κ2) is 7.25. The zero-order chi connectivity index (χ0) is 18.0. The van der Waals surface area contributed by atoms with Gasteiger partial charge in [-0.3, -0.25) is 14.4 Å². The van der Waals surface area contributed by atoms with E-state index in [0.717, 1.165) is 12.8 Å². The third-order valence-electron chi connectivity index (χ3n) is 5.24. The van der Waals surface area contributed by atoms with Crippen LogP contribution in [0.25, 0.3) is 0 Å². The maximum absolute atomic E-state index is 12.4. The highest BCUT2D eigenvalue weighted by atomic mass is 16.5. The Balaban J connectivity index is 1.53.